The third-order valence-corrected chi connectivity index (χ3v) is 3.02. The van der Waals surface area contributed by atoms with Gasteiger partial charge in [-0.05, 0) is 20.3 Å². The van der Waals surface area contributed by atoms with E-state index in [9.17, 15) is 4.79 Å². The molecule has 0 saturated carbocycles. The lowest BCUT2D eigenvalue weighted by atomic mass is 9.90. The van der Waals surface area contributed by atoms with Crippen LogP contribution in [-0.4, -0.2) is 16.1 Å². The summed E-state index contributed by atoms with van der Waals surface area (Å²) in [6, 6.07) is 0. The number of nitrogens with zero attached hydrogens (tertiary/aromatic N) is 1. The molecule has 0 aliphatic carbocycles. The second-order valence-corrected chi connectivity index (χ2v) is 4.35. The number of rotatable bonds is 3. The Labute approximate surface area is 81.4 Å². The van der Waals surface area contributed by atoms with E-state index in [1.165, 1.54) is 11.3 Å². The highest BCUT2D eigenvalue weighted by molar-refractivity contribution is 7.09. The second-order valence-electron chi connectivity index (χ2n) is 3.41. The average Bonchev–Trinajstić information content (AvgIpc) is 2.51. The van der Waals surface area contributed by atoms with Crippen LogP contribution in [0.15, 0.2) is 5.38 Å². The lowest BCUT2D eigenvalue weighted by molar-refractivity contribution is -0.142. The summed E-state index contributed by atoms with van der Waals surface area (Å²) >= 11 is 1.52. The molecule has 0 aliphatic heterocycles. The van der Waals surface area contributed by atoms with Crippen molar-refractivity contribution in [3.8, 4) is 0 Å². The number of carboxylic acids is 1. The van der Waals surface area contributed by atoms with Crippen molar-refractivity contribution in [2.24, 2.45) is 0 Å². The van der Waals surface area contributed by atoms with Gasteiger partial charge in [0.05, 0.1) is 10.7 Å². The number of hydrogen-bond acceptors (Lipinski definition) is 3. The minimum absolute atomic E-state index is 0.654. The van der Waals surface area contributed by atoms with Crippen LogP contribution < -0.4 is 0 Å². The van der Waals surface area contributed by atoms with Gasteiger partial charge in [-0.3, -0.25) is 4.79 Å². The van der Waals surface area contributed by atoms with Crippen molar-refractivity contribution in [2.75, 3.05) is 0 Å². The topological polar surface area (TPSA) is 50.2 Å². The summed E-state index contributed by atoms with van der Waals surface area (Å²) in [6.45, 7) is 5.35. The molecule has 0 bridgehead atoms. The molecule has 0 saturated heterocycles. The van der Waals surface area contributed by atoms with E-state index >= 15 is 0 Å². The van der Waals surface area contributed by atoms with E-state index < -0.39 is 11.4 Å². The maximum absolute atomic E-state index is 10.9. The van der Waals surface area contributed by atoms with Gasteiger partial charge in [0, 0.05) is 5.38 Å². The van der Waals surface area contributed by atoms with Crippen LogP contribution in [0.3, 0.4) is 0 Å². The molecule has 1 N–H and O–H groups in total. The van der Waals surface area contributed by atoms with Crippen molar-refractivity contribution in [3.05, 3.63) is 16.1 Å². The molecule has 1 rings (SSSR count). The first kappa shape index (κ1) is 10.2. The molecule has 0 unspecified atom stereocenters. The number of thiazole rings is 1. The van der Waals surface area contributed by atoms with Gasteiger partial charge in [-0.1, -0.05) is 6.92 Å². The van der Waals surface area contributed by atoms with Gasteiger partial charge >= 0.3 is 5.97 Å². The van der Waals surface area contributed by atoms with E-state index in [-0.39, 0.29) is 0 Å². The Morgan fingerprint density at radius 2 is 2.31 bits per heavy atom. The minimum Gasteiger partial charge on any atom is -0.481 e. The van der Waals surface area contributed by atoms with Crippen molar-refractivity contribution in [1.82, 2.24) is 4.98 Å². The Hall–Kier alpha value is -0.900. The molecule has 1 aromatic heterocycles. The molecule has 72 valence electrons. The molecule has 0 spiro atoms. The van der Waals surface area contributed by atoms with Gasteiger partial charge in [0.15, 0.2) is 0 Å². The van der Waals surface area contributed by atoms with Gasteiger partial charge in [-0.15, -0.1) is 11.3 Å². The van der Waals surface area contributed by atoms with Crippen molar-refractivity contribution in [2.45, 2.75) is 32.6 Å². The largest absolute Gasteiger partial charge is 0.481 e. The van der Waals surface area contributed by atoms with Crippen molar-refractivity contribution >= 4 is 17.3 Å². The quantitative estimate of drug-likeness (QED) is 0.810. The first-order valence-corrected chi connectivity index (χ1v) is 5.04. The molecule has 0 aromatic carbocycles. The van der Waals surface area contributed by atoms with E-state index in [0.717, 1.165) is 11.4 Å². The maximum atomic E-state index is 10.9. The Bertz CT molecular complexity index is 317. The SMILES string of the molecule is CCc1nc(C(C)(C)C(=O)O)cs1. The van der Waals surface area contributed by atoms with Crippen LogP contribution in [0.4, 0.5) is 0 Å². The number of aliphatic carboxylic acids is 1. The third-order valence-electron chi connectivity index (χ3n) is 2.03. The van der Waals surface area contributed by atoms with Crippen LogP contribution in [0, 0.1) is 0 Å². The summed E-state index contributed by atoms with van der Waals surface area (Å²) < 4.78 is 0. The Morgan fingerprint density at radius 3 is 2.69 bits per heavy atom. The van der Waals surface area contributed by atoms with Crippen molar-refractivity contribution < 1.29 is 9.90 Å². The summed E-state index contributed by atoms with van der Waals surface area (Å²) in [5.41, 5.74) is -0.217. The predicted octanol–water partition coefficient (Wildman–Crippen LogP) is 2.07. The van der Waals surface area contributed by atoms with Crippen LogP contribution in [0.2, 0.25) is 0 Å². The number of carboxylic acid groups (broad SMARTS) is 1. The van der Waals surface area contributed by atoms with Crippen LogP contribution >= 0.6 is 11.3 Å². The lowest BCUT2D eigenvalue weighted by Crippen LogP contribution is -2.28. The number of carbonyl (C=O) groups is 1. The first-order chi connectivity index (χ1) is 5.98. The average molecular weight is 199 g/mol. The van der Waals surface area contributed by atoms with E-state index in [4.69, 9.17) is 5.11 Å². The minimum atomic E-state index is -0.871. The Morgan fingerprint density at radius 1 is 1.69 bits per heavy atom. The van der Waals surface area contributed by atoms with E-state index in [2.05, 4.69) is 4.98 Å². The maximum Gasteiger partial charge on any atom is 0.315 e. The molecular weight excluding hydrogens is 186 g/mol. The van der Waals surface area contributed by atoms with Crippen LogP contribution in [0.25, 0.3) is 0 Å². The number of aryl methyl sites for hydroxylation is 1. The standard InChI is InChI=1S/C9H13NO2S/c1-4-7-10-6(5-13-7)9(2,3)8(11)12/h5H,4H2,1-3H3,(H,11,12). The Balaban J connectivity index is 3.00. The summed E-state index contributed by atoms with van der Waals surface area (Å²) in [4.78, 5) is 15.1. The van der Waals surface area contributed by atoms with E-state index in [0.29, 0.717) is 5.69 Å². The van der Waals surface area contributed by atoms with E-state index in [1.54, 1.807) is 13.8 Å². The van der Waals surface area contributed by atoms with Crippen LogP contribution in [0.1, 0.15) is 31.5 Å². The molecule has 0 amide bonds. The third kappa shape index (κ3) is 1.88. The zero-order chi connectivity index (χ0) is 10.1. The molecule has 3 nitrogen and oxygen atoms in total. The van der Waals surface area contributed by atoms with Crippen molar-refractivity contribution in [3.63, 3.8) is 0 Å². The molecule has 0 radical (unpaired) electrons. The van der Waals surface area contributed by atoms with Crippen LogP contribution in [0.5, 0.6) is 0 Å². The highest BCUT2D eigenvalue weighted by Crippen LogP contribution is 2.25. The number of aromatic nitrogens is 1. The first-order valence-electron chi connectivity index (χ1n) is 4.16. The smallest absolute Gasteiger partial charge is 0.315 e. The summed E-state index contributed by atoms with van der Waals surface area (Å²) in [5.74, 6) is -0.833. The summed E-state index contributed by atoms with van der Waals surface area (Å²) in [6.07, 6.45) is 0.861. The number of hydrogen-bond donors (Lipinski definition) is 1. The monoisotopic (exact) mass is 199 g/mol. The molecular formula is C9H13NO2S. The van der Waals surface area contributed by atoms with Gasteiger partial charge < -0.3 is 5.11 Å². The van der Waals surface area contributed by atoms with Crippen LogP contribution in [-0.2, 0) is 16.6 Å². The second kappa shape index (κ2) is 3.46. The lowest BCUT2D eigenvalue weighted by Gasteiger charge is -2.15. The molecule has 0 fully saturated rings. The fourth-order valence-electron chi connectivity index (χ4n) is 0.870. The highest BCUT2D eigenvalue weighted by atomic mass is 32.1. The van der Waals surface area contributed by atoms with Gasteiger partial charge in [-0.2, -0.15) is 0 Å². The molecule has 13 heavy (non-hydrogen) atoms. The van der Waals surface area contributed by atoms with Gasteiger partial charge in [0.25, 0.3) is 0 Å². The molecule has 1 heterocycles. The van der Waals surface area contributed by atoms with Crippen molar-refractivity contribution in [1.29, 1.82) is 0 Å². The van der Waals surface area contributed by atoms with Gasteiger partial charge in [-0.25, -0.2) is 4.98 Å². The Kier molecular flexibility index (Phi) is 2.71. The predicted molar refractivity (Wildman–Crippen MR) is 52.2 cm³/mol. The molecule has 4 heteroatoms. The van der Waals surface area contributed by atoms with E-state index in [1.807, 2.05) is 12.3 Å². The summed E-state index contributed by atoms with van der Waals surface area (Å²) in [7, 11) is 0. The highest BCUT2D eigenvalue weighted by Gasteiger charge is 2.31. The fraction of sp³-hybridized carbons (Fsp3) is 0.556. The molecule has 1 aromatic rings. The zero-order valence-corrected chi connectivity index (χ0v) is 8.81. The molecule has 0 aliphatic rings. The zero-order valence-electron chi connectivity index (χ0n) is 8.00. The normalized spacial score (nSPS) is 11.6. The fourth-order valence-corrected chi connectivity index (χ4v) is 1.78. The van der Waals surface area contributed by atoms with Gasteiger partial charge in [0.2, 0.25) is 0 Å². The molecule has 0 atom stereocenters. The summed E-state index contributed by atoms with van der Waals surface area (Å²) in [5, 5.41) is 11.8. The van der Waals surface area contributed by atoms with Gasteiger partial charge in [0.1, 0.15) is 5.41 Å².